The van der Waals surface area contributed by atoms with E-state index in [1.807, 2.05) is 0 Å². The van der Waals surface area contributed by atoms with Gasteiger partial charge in [0.15, 0.2) is 0 Å². The van der Waals surface area contributed by atoms with E-state index in [1.54, 1.807) is 0 Å². The molecule has 0 aromatic carbocycles. The third-order valence-electron chi connectivity index (χ3n) is 3.71. The maximum Gasteiger partial charge on any atom is 0.00966 e. The first-order chi connectivity index (χ1) is 6.74. The van der Waals surface area contributed by atoms with Gasteiger partial charge in [-0.2, -0.15) is 0 Å². The maximum atomic E-state index is 5.75. The topological polar surface area (TPSA) is 41.3 Å². The Hall–Kier alpha value is -0.120. The summed E-state index contributed by atoms with van der Waals surface area (Å²) in [6, 6.07) is 1.20. The Labute approximate surface area is 87.0 Å². The number of hydrogen-bond donors (Lipinski definition) is 2. The molecular formula is C11H23N3. The number of likely N-dealkylation sites (tertiary alicyclic amines) is 1. The minimum Gasteiger partial charge on any atom is -0.328 e. The van der Waals surface area contributed by atoms with Crippen molar-refractivity contribution >= 4 is 0 Å². The maximum absolute atomic E-state index is 5.75. The largest absolute Gasteiger partial charge is 0.328 e. The van der Waals surface area contributed by atoms with Crippen LogP contribution in [-0.2, 0) is 0 Å². The van der Waals surface area contributed by atoms with Crippen LogP contribution in [-0.4, -0.2) is 43.7 Å². The summed E-state index contributed by atoms with van der Waals surface area (Å²) in [5.41, 5.74) is 5.75. The van der Waals surface area contributed by atoms with Crippen molar-refractivity contribution < 1.29 is 0 Å². The quantitative estimate of drug-likeness (QED) is 0.688. The molecule has 14 heavy (non-hydrogen) atoms. The summed E-state index contributed by atoms with van der Waals surface area (Å²) in [7, 11) is 2.22. The van der Waals surface area contributed by atoms with E-state index in [9.17, 15) is 0 Å². The second kappa shape index (κ2) is 4.60. The number of nitrogens with zero attached hydrogens (tertiary/aromatic N) is 1. The highest BCUT2D eigenvalue weighted by Crippen LogP contribution is 2.20. The minimum atomic E-state index is 0.477. The molecule has 1 heterocycles. The Morgan fingerprint density at radius 3 is 2.50 bits per heavy atom. The molecule has 0 aromatic rings. The summed E-state index contributed by atoms with van der Waals surface area (Å²) in [4.78, 5) is 2.43. The molecule has 0 bridgehead atoms. The zero-order valence-electron chi connectivity index (χ0n) is 9.21. The van der Waals surface area contributed by atoms with Crippen LogP contribution in [0.4, 0.5) is 0 Å². The van der Waals surface area contributed by atoms with Crippen molar-refractivity contribution in [2.45, 2.75) is 37.8 Å². The second-order valence-electron chi connectivity index (χ2n) is 5.08. The van der Waals surface area contributed by atoms with Crippen LogP contribution in [0.25, 0.3) is 0 Å². The van der Waals surface area contributed by atoms with Gasteiger partial charge in [0.2, 0.25) is 0 Å². The SMILES string of the molecule is CN1CCC(CNC2CC(N)C2)CC1. The molecule has 3 heteroatoms. The van der Waals surface area contributed by atoms with Gasteiger partial charge in [0.1, 0.15) is 0 Å². The van der Waals surface area contributed by atoms with Crippen LogP contribution in [0.1, 0.15) is 25.7 Å². The van der Waals surface area contributed by atoms with Crippen molar-refractivity contribution in [3.63, 3.8) is 0 Å². The summed E-state index contributed by atoms with van der Waals surface area (Å²) < 4.78 is 0. The molecule has 0 amide bonds. The van der Waals surface area contributed by atoms with Gasteiger partial charge in [-0.05, 0) is 58.3 Å². The van der Waals surface area contributed by atoms with Crippen LogP contribution in [0.2, 0.25) is 0 Å². The summed E-state index contributed by atoms with van der Waals surface area (Å²) in [6.45, 7) is 3.76. The van der Waals surface area contributed by atoms with Crippen LogP contribution >= 0.6 is 0 Å². The van der Waals surface area contributed by atoms with Gasteiger partial charge in [-0.1, -0.05) is 0 Å². The van der Waals surface area contributed by atoms with E-state index in [0.717, 1.165) is 12.0 Å². The number of piperidine rings is 1. The number of nitrogens with one attached hydrogen (secondary N) is 1. The predicted molar refractivity (Wildman–Crippen MR) is 59.2 cm³/mol. The highest BCUT2D eigenvalue weighted by Gasteiger charge is 2.26. The number of rotatable bonds is 3. The van der Waals surface area contributed by atoms with Gasteiger partial charge < -0.3 is 16.0 Å². The van der Waals surface area contributed by atoms with E-state index >= 15 is 0 Å². The van der Waals surface area contributed by atoms with Crippen LogP contribution in [0.3, 0.4) is 0 Å². The van der Waals surface area contributed by atoms with Gasteiger partial charge in [-0.3, -0.25) is 0 Å². The fourth-order valence-corrected chi connectivity index (χ4v) is 2.43. The van der Waals surface area contributed by atoms with E-state index in [1.165, 1.54) is 45.3 Å². The molecule has 3 nitrogen and oxygen atoms in total. The monoisotopic (exact) mass is 197 g/mol. The average molecular weight is 197 g/mol. The standard InChI is InChI=1S/C11H23N3/c1-14-4-2-9(3-5-14)8-13-11-6-10(12)7-11/h9-11,13H,2-8,12H2,1H3. The molecule has 0 radical (unpaired) electrons. The smallest absolute Gasteiger partial charge is 0.00966 e. The van der Waals surface area contributed by atoms with Crippen LogP contribution in [0.15, 0.2) is 0 Å². The summed E-state index contributed by atoms with van der Waals surface area (Å²) in [6.07, 6.45) is 5.10. The Kier molecular flexibility index (Phi) is 3.42. The van der Waals surface area contributed by atoms with Gasteiger partial charge in [0, 0.05) is 12.1 Å². The summed E-state index contributed by atoms with van der Waals surface area (Å²) >= 11 is 0. The van der Waals surface area contributed by atoms with Crippen LogP contribution < -0.4 is 11.1 Å². The molecule has 1 aliphatic carbocycles. The highest BCUT2D eigenvalue weighted by molar-refractivity contribution is 4.88. The Bertz CT molecular complexity index is 169. The highest BCUT2D eigenvalue weighted by atomic mass is 15.1. The molecule has 1 saturated carbocycles. The van der Waals surface area contributed by atoms with E-state index in [2.05, 4.69) is 17.3 Å². The van der Waals surface area contributed by atoms with Gasteiger partial charge in [-0.15, -0.1) is 0 Å². The van der Waals surface area contributed by atoms with E-state index < -0.39 is 0 Å². The Morgan fingerprint density at radius 1 is 1.29 bits per heavy atom. The van der Waals surface area contributed by atoms with Gasteiger partial charge >= 0.3 is 0 Å². The Balaban J connectivity index is 1.57. The van der Waals surface area contributed by atoms with Crippen molar-refractivity contribution in [2.24, 2.45) is 11.7 Å². The molecule has 2 rings (SSSR count). The van der Waals surface area contributed by atoms with E-state index in [0.29, 0.717) is 6.04 Å². The first-order valence-corrected chi connectivity index (χ1v) is 5.91. The third-order valence-corrected chi connectivity index (χ3v) is 3.71. The Morgan fingerprint density at radius 2 is 1.93 bits per heavy atom. The van der Waals surface area contributed by atoms with Crippen molar-refractivity contribution in [3.05, 3.63) is 0 Å². The normalized spacial score (nSPS) is 35.6. The van der Waals surface area contributed by atoms with Crippen LogP contribution in [0, 0.1) is 5.92 Å². The zero-order chi connectivity index (χ0) is 9.97. The van der Waals surface area contributed by atoms with Crippen molar-refractivity contribution in [1.82, 2.24) is 10.2 Å². The lowest BCUT2D eigenvalue weighted by atomic mass is 9.87. The number of nitrogens with two attached hydrogens (primary N) is 1. The first-order valence-electron chi connectivity index (χ1n) is 5.91. The molecule has 1 saturated heterocycles. The molecule has 0 atom stereocenters. The molecule has 0 spiro atoms. The summed E-state index contributed by atoms with van der Waals surface area (Å²) in [5.74, 6) is 0.906. The lowest BCUT2D eigenvalue weighted by Gasteiger charge is -2.36. The van der Waals surface area contributed by atoms with E-state index in [4.69, 9.17) is 5.73 Å². The first kappa shape index (κ1) is 10.4. The lowest BCUT2D eigenvalue weighted by molar-refractivity contribution is 0.199. The molecule has 0 aromatic heterocycles. The van der Waals surface area contributed by atoms with Gasteiger partial charge in [0.05, 0.1) is 0 Å². The minimum absolute atomic E-state index is 0.477. The number of hydrogen-bond acceptors (Lipinski definition) is 3. The van der Waals surface area contributed by atoms with Crippen molar-refractivity contribution in [1.29, 1.82) is 0 Å². The molecule has 82 valence electrons. The van der Waals surface area contributed by atoms with Gasteiger partial charge in [0.25, 0.3) is 0 Å². The van der Waals surface area contributed by atoms with E-state index in [-0.39, 0.29) is 0 Å². The molecule has 2 aliphatic rings. The fraction of sp³-hybridized carbons (Fsp3) is 1.00. The summed E-state index contributed by atoms with van der Waals surface area (Å²) in [5, 5.41) is 3.64. The predicted octanol–water partition coefficient (Wildman–Crippen LogP) is 0.408. The van der Waals surface area contributed by atoms with Gasteiger partial charge in [-0.25, -0.2) is 0 Å². The van der Waals surface area contributed by atoms with Crippen molar-refractivity contribution in [2.75, 3.05) is 26.7 Å². The molecule has 1 aliphatic heterocycles. The van der Waals surface area contributed by atoms with Crippen molar-refractivity contribution in [3.8, 4) is 0 Å². The molecule has 2 fully saturated rings. The van der Waals surface area contributed by atoms with Crippen LogP contribution in [0.5, 0.6) is 0 Å². The third kappa shape index (κ3) is 2.69. The lowest BCUT2D eigenvalue weighted by Crippen LogP contribution is -2.50. The molecule has 0 unspecified atom stereocenters. The molecular weight excluding hydrogens is 174 g/mol. The average Bonchev–Trinajstić information content (AvgIpc) is 2.13. The second-order valence-corrected chi connectivity index (χ2v) is 5.08. The fourth-order valence-electron chi connectivity index (χ4n) is 2.43. The molecule has 3 N–H and O–H groups in total. The zero-order valence-corrected chi connectivity index (χ0v) is 9.21.